The number of ether oxygens (including phenoxy) is 3. The standard InChI is InChI=1S/C7H12O5/c1-10-6-5(9)4(3-8)12-7(6)11-2/h3-7,9H,1-2H3/t4-,5?,6?,7-/m0/s1. The Kier molecular flexibility index (Phi) is 3.16. The Labute approximate surface area is 70.2 Å². The molecule has 0 amide bonds. The van der Waals surface area contributed by atoms with Crippen LogP contribution < -0.4 is 0 Å². The Hall–Kier alpha value is -0.490. The zero-order valence-corrected chi connectivity index (χ0v) is 6.97. The van der Waals surface area contributed by atoms with Gasteiger partial charge >= 0.3 is 0 Å². The maximum Gasteiger partial charge on any atom is 0.187 e. The van der Waals surface area contributed by atoms with Gasteiger partial charge in [-0.25, -0.2) is 0 Å². The topological polar surface area (TPSA) is 65.0 Å². The molecule has 1 saturated heterocycles. The second-order valence-corrected chi connectivity index (χ2v) is 2.53. The molecule has 0 bridgehead atoms. The zero-order valence-electron chi connectivity index (χ0n) is 6.97. The van der Waals surface area contributed by atoms with Crippen LogP contribution in [-0.2, 0) is 19.0 Å². The third-order valence-electron chi connectivity index (χ3n) is 1.87. The fourth-order valence-corrected chi connectivity index (χ4v) is 1.21. The van der Waals surface area contributed by atoms with E-state index in [9.17, 15) is 9.90 Å². The number of hydrogen-bond donors (Lipinski definition) is 1. The molecule has 70 valence electrons. The second-order valence-electron chi connectivity index (χ2n) is 2.53. The quantitative estimate of drug-likeness (QED) is 0.555. The van der Waals surface area contributed by atoms with E-state index in [1.165, 1.54) is 14.2 Å². The number of rotatable bonds is 3. The van der Waals surface area contributed by atoms with Gasteiger partial charge in [0.1, 0.15) is 18.3 Å². The summed E-state index contributed by atoms with van der Waals surface area (Å²) >= 11 is 0. The van der Waals surface area contributed by atoms with E-state index in [2.05, 4.69) is 0 Å². The van der Waals surface area contributed by atoms with Crippen molar-refractivity contribution < 1.29 is 24.1 Å². The first kappa shape index (κ1) is 9.60. The average molecular weight is 176 g/mol. The Morgan fingerprint density at radius 3 is 2.42 bits per heavy atom. The molecule has 0 spiro atoms. The van der Waals surface area contributed by atoms with Crippen LogP contribution in [0.15, 0.2) is 0 Å². The van der Waals surface area contributed by atoms with Crippen LogP contribution >= 0.6 is 0 Å². The molecule has 5 nitrogen and oxygen atoms in total. The molecule has 0 radical (unpaired) electrons. The lowest BCUT2D eigenvalue weighted by Crippen LogP contribution is -2.35. The summed E-state index contributed by atoms with van der Waals surface area (Å²) < 4.78 is 14.8. The van der Waals surface area contributed by atoms with Crippen LogP contribution in [0.3, 0.4) is 0 Å². The highest BCUT2D eigenvalue weighted by Crippen LogP contribution is 2.22. The van der Waals surface area contributed by atoms with Crippen LogP contribution in [0.5, 0.6) is 0 Å². The fraction of sp³-hybridized carbons (Fsp3) is 0.857. The number of hydrogen-bond acceptors (Lipinski definition) is 5. The molecular weight excluding hydrogens is 164 g/mol. The molecule has 1 aliphatic heterocycles. The van der Waals surface area contributed by atoms with Crippen LogP contribution in [0, 0.1) is 0 Å². The maximum absolute atomic E-state index is 10.3. The summed E-state index contributed by atoms with van der Waals surface area (Å²) in [7, 11) is 2.85. The van der Waals surface area contributed by atoms with Crippen molar-refractivity contribution in [2.24, 2.45) is 0 Å². The number of carbonyl (C=O) groups is 1. The van der Waals surface area contributed by atoms with Crippen molar-refractivity contribution in [2.45, 2.75) is 24.6 Å². The first-order valence-corrected chi connectivity index (χ1v) is 3.59. The third-order valence-corrected chi connectivity index (χ3v) is 1.87. The van der Waals surface area contributed by atoms with Crippen molar-refractivity contribution >= 4 is 6.29 Å². The molecule has 1 N–H and O–H groups in total. The molecule has 1 rings (SSSR count). The number of aldehydes is 1. The smallest absolute Gasteiger partial charge is 0.187 e. The molecule has 1 aliphatic rings. The number of aliphatic hydroxyl groups excluding tert-OH is 1. The first-order valence-electron chi connectivity index (χ1n) is 3.59. The van der Waals surface area contributed by atoms with Crippen LogP contribution in [0.25, 0.3) is 0 Å². The predicted molar refractivity (Wildman–Crippen MR) is 38.5 cm³/mol. The van der Waals surface area contributed by atoms with Gasteiger partial charge in [0.15, 0.2) is 12.6 Å². The van der Waals surface area contributed by atoms with Crippen LogP contribution in [-0.4, -0.2) is 50.2 Å². The normalized spacial score (nSPS) is 41.6. The molecule has 0 aliphatic carbocycles. The molecular formula is C7H12O5. The lowest BCUT2D eigenvalue weighted by atomic mass is 10.1. The zero-order chi connectivity index (χ0) is 9.14. The molecule has 12 heavy (non-hydrogen) atoms. The van der Waals surface area contributed by atoms with Gasteiger partial charge in [0, 0.05) is 14.2 Å². The highest BCUT2D eigenvalue weighted by molar-refractivity contribution is 5.58. The molecule has 4 atom stereocenters. The van der Waals surface area contributed by atoms with Gasteiger partial charge in [0.05, 0.1) is 0 Å². The van der Waals surface area contributed by atoms with Crippen molar-refractivity contribution in [3.8, 4) is 0 Å². The molecule has 5 heteroatoms. The monoisotopic (exact) mass is 176 g/mol. The van der Waals surface area contributed by atoms with E-state index in [1.807, 2.05) is 0 Å². The van der Waals surface area contributed by atoms with E-state index in [0.29, 0.717) is 6.29 Å². The van der Waals surface area contributed by atoms with Gasteiger partial charge in [-0.15, -0.1) is 0 Å². The van der Waals surface area contributed by atoms with Crippen molar-refractivity contribution in [3.63, 3.8) is 0 Å². The summed E-state index contributed by atoms with van der Waals surface area (Å²) in [6, 6.07) is 0. The molecule has 1 heterocycles. The highest BCUT2D eigenvalue weighted by Gasteiger charge is 2.44. The number of aliphatic hydroxyl groups is 1. The van der Waals surface area contributed by atoms with Crippen molar-refractivity contribution in [3.05, 3.63) is 0 Å². The molecule has 1 fully saturated rings. The van der Waals surface area contributed by atoms with Crippen LogP contribution in [0.1, 0.15) is 0 Å². The van der Waals surface area contributed by atoms with Gasteiger partial charge in [-0.1, -0.05) is 0 Å². The molecule has 0 aromatic carbocycles. The van der Waals surface area contributed by atoms with Crippen molar-refractivity contribution in [1.29, 1.82) is 0 Å². The van der Waals surface area contributed by atoms with Gasteiger partial charge in [-0.2, -0.15) is 0 Å². The fourth-order valence-electron chi connectivity index (χ4n) is 1.21. The highest BCUT2D eigenvalue weighted by atomic mass is 16.7. The molecule has 0 aromatic heterocycles. The summed E-state index contributed by atoms with van der Waals surface area (Å²) in [6.45, 7) is 0. The van der Waals surface area contributed by atoms with E-state index < -0.39 is 24.6 Å². The van der Waals surface area contributed by atoms with Crippen LogP contribution in [0.2, 0.25) is 0 Å². The summed E-state index contributed by atoms with van der Waals surface area (Å²) in [5.74, 6) is 0. The predicted octanol–water partition coefficient (Wildman–Crippen LogP) is -1.07. The van der Waals surface area contributed by atoms with Crippen molar-refractivity contribution in [2.75, 3.05) is 14.2 Å². The van der Waals surface area contributed by atoms with E-state index in [4.69, 9.17) is 14.2 Å². The first-order chi connectivity index (χ1) is 5.74. The summed E-state index contributed by atoms with van der Waals surface area (Å²) in [6.07, 6.45) is -2.52. The Bertz CT molecular complexity index is 160. The van der Waals surface area contributed by atoms with Gasteiger partial charge in [-0.05, 0) is 0 Å². The number of methoxy groups -OCH3 is 2. The molecule has 0 aromatic rings. The van der Waals surface area contributed by atoms with E-state index in [-0.39, 0.29) is 0 Å². The summed E-state index contributed by atoms with van der Waals surface area (Å²) in [5.41, 5.74) is 0. The van der Waals surface area contributed by atoms with E-state index in [1.54, 1.807) is 0 Å². The number of carbonyl (C=O) groups excluding carboxylic acids is 1. The maximum atomic E-state index is 10.3. The van der Waals surface area contributed by atoms with Crippen LogP contribution in [0.4, 0.5) is 0 Å². The summed E-state index contributed by atoms with van der Waals surface area (Å²) in [4.78, 5) is 10.3. The Balaban J connectivity index is 2.64. The van der Waals surface area contributed by atoms with Gasteiger partial charge < -0.3 is 24.1 Å². The summed E-state index contributed by atoms with van der Waals surface area (Å²) in [5, 5.41) is 9.39. The van der Waals surface area contributed by atoms with Gasteiger partial charge in [0.2, 0.25) is 0 Å². The van der Waals surface area contributed by atoms with Gasteiger partial charge in [0.25, 0.3) is 0 Å². The van der Waals surface area contributed by atoms with E-state index >= 15 is 0 Å². The average Bonchev–Trinajstić information content (AvgIpc) is 2.41. The minimum Gasteiger partial charge on any atom is -0.387 e. The molecule has 2 unspecified atom stereocenters. The van der Waals surface area contributed by atoms with Gasteiger partial charge in [-0.3, -0.25) is 0 Å². The lowest BCUT2D eigenvalue weighted by molar-refractivity contribution is -0.158. The molecule has 0 saturated carbocycles. The third kappa shape index (κ3) is 1.49. The largest absolute Gasteiger partial charge is 0.387 e. The van der Waals surface area contributed by atoms with Crippen molar-refractivity contribution in [1.82, 2.24) is 0 Å². The second kappa shape index (κ2) is 3.95. The SMILES string of the molecule is COC1C(O)[C@H](C=O)O[C@@H]1OC. The Morgan fingerprint density at radius 1 is 1.42 bits per heavy atom. The minimum atomic E-state index is -0.947. The Morgan fingerprint density at radius 2 is 2.08 bits per heavy atom. The lowest BCUT2D eigenvalue weighted by Gasteiger charge is -2.16. The van der Waals surface area contributed by atoms with E-state index in [0.717, 1.165) is 0 Å². The minimum absolute atomic E-state index is 0.537.